The van der Waals surface area contributed by atoms with Crippen molar-refractivity contribution in [2.75, 3.05) is 7.11 Å². The summed E-state index contributed by atoms with van der Waals surface area (Å²) in [5.74, 6) is 0.771. The first-order valence-electron chi connectivity index (χ1n) is 3.67. The standard InChI is InChI=1S/C7H10BNO4/c1-5-3-7(12-2)9-4-6(5)13-8(10)11/h3-4,10-11H,1-2H3. The second-order valence-electron chi connectivity index (χ2n) is 2.44. The molecule has 0 radical (unpaired) electrons. The zero-order valence-corrected chi connectivity index (χ0v) is 7.39. The molecule has 0 aliphatic heterocycles. The maximum atomic E-state index is 8.53. The average Bonchev–Trinajstić information content (AvgIpc) is 2.08. The molecular formula is C7H10BNO4. The summed E-state index contributed by atoms with van der Waals surface area (Å²) in [5.41, 5.74) is 0.722. The van der Waals surface area contributed by atoms with E-state index in [1.807, 2.05) is 0 Å². The topological polar surface area (TPSA) is 71.8 Å². The van der Waals surface area contributed by atoms with Crippen LogP contribution < -0.4 is 9.39 Å². The number of aromatic nitrogens is 1. The minimum atomic E-state index is -1.83. The molecular weight excluding hydrogens is 173 g/mol. The van der Waals surface area contributed by atoms with Gasteiger partial charge in [0.05, 0.1) is 13.3 Å². The maximum absolute atomic E-state index is 8.53. The predicted octanol–water partition coefficient (Wildman–Crippen LogP) is -0.253. The van der Waals surface area contributed by atoms with Gasteiger partial charge in [-0.2, -0.15) is 0 Å². The van der Waals surface area contributed by atoms with Crippen LogP contribution in [-0.2, 0) is 0 Å². The van der Waals surface area contributed by atoms with Gasteiger partial charge >= 0.3 is 7.32 Å². The van der Waals surface area contributed by atoms with Crippen LogP contribution in [0.25, 0.3) is 0 Å². The summed E-state index contributed by atoms with van der Waals surface area (Å²) in [5, 5.41) is 17.1. The smallest absolute Gasteiger partial charge is 0.510 e. The lowest BCUT2D eigenvalue weighted by molar-refractivity contribution is 0.286. The van der Waals surface area contributed by atoms with Gasteiger partial charge in [0.25, 0.3) is 0 Å². The van der Waals surface area contributed by atoms with Crippen molar-refractivity contribution in [2.24, 2.45) is 0 Å². The quantitative estimate of drug-likeness (QED) is 0.632. The summed E-state index contributed by atoms with van der Waals surface area (Å²) in [7, 11) is -0.322. The monoisotopic (exact) mass is 183 g/mol. The first-order valence-corrected chi connectivity index (χ1v) is 3.67. The van der Waals surface area contributed by atoms with Crippen LogP contribution in [0, 0.1) is 6.92 Å². The molecule has 5 nitrogen and oxygen atoms in total. The molecule has 1 aromatic heterocycles. The maximum Gasteiger partial charge on any atom is 0.707 e. The number of pyridine rings is 1. The highest BCUT2D eigenvalue weighted by atomic mass is 16.6. The van der Waals surface area contributed by atoms with Crippen LogP contribution in [0.2, 0.25) is 0 Å². The molecule has 0 fully saturated rings. The van der Waals surface area contributed by atoms with Crippen molar-refractivity contribution in [3.63, 3.8) is 0 Å². The molecule has 0 saturated carbocycles. The van der Waals surface area contributed by atoms with Gasteiger partial charge in [0, 0.05) is 6.07 Å². The second kappa shape index (κ2) is 4.11. The Bertz CT molecular complexity index is 292. The van der Waals surface area contributed by atoms with Crippen molar-refractivity contribution >= 4 is 7.32 Å². The van der Waals surface area contributed by atoms with Gasteiger partial charge in [-0.25, -0.2) is 4.98 Å². The van der Waals surface area contributed by atoms with Gasteiger partial charge in [0.1, 0.15) is 5.75 Å². The summed E-state index contributed by atoms with van der Waals surface area (Å²) in [6.07, 6.45) is 1.37. The van der Waals surface area contributed by atoms with E-state index in [9.17, 15) is 0 Å². The molecule has 0 aliphatic carbocycles. The molecule has 13 heavy (non-hydrogen) atoms. The normalized spacial score (nSPS) is 9.54. The molecule has 1 heterocycles. The molecule has 0 atom stereocenters. The van der Waals surface area contributed by atoms with E-state index in [4.69, 9.17) is 14.8 Å². The minimum absolute atomic E-state index is 0.316. The van der Waals surface area contributed by atoms with Crippen LogP contribution >= 0.6 is 0 Å². The Morgan fingerprint density at radius 1 is 1.46 bits per heavy atom. The largest absolute Gasteiger partial charge is 0.707 e. The van der Waals surface area contributed by atoms with E-state index in [-0.39, 0.29) is 0 Å². The van der Waals surface area contributed by atoms with Gasteiger partial charge < -0.3 is 19.4 Å². The summed E-state index contributed by atoms with van der Waals surface area (Å²) in [6, 6.07) is 1.64. The number of methoxy groups -OCH3 is 1. The number of aryl methyl sites for hydroxylation is 1. The second-order valence-corrected chi connectivity index (χ2v) is 2.44. The van der Waals surface area contributed by atoms with Crippen molar-refractivity contribution in [2.45, 2.75) is 6.92 Å². The Balaban J connectivity index is 2.85. The third-order valence-corrected chi connectivity index (χ3v) is 1.48. The Kier molecular flexibility index (Phi) is 3.10. The third kappa shape index (κ3) is 2.60. The average molecular weight is 183 g/mol. The van der Waals surface area contributed by atoms with E-state index >= 15 is 0 Å². The van der Waals surface area contributed by atoms with Crippen molar-refractivity contribution in [3.05, 3.63) is 17.8 Å². The third-order valence-electron chi connectivity index (χ3n) is 1.48. The Morgan fingerprint density at radius 2 is 2.15 bits per heavy atom. The van der Waals surface area contributed by atoms with Crippen LogP contribution in [-0.4, -0.2) is 29.5 Å². The first kappa shape index (κ1) is 9.82. The van der Waals surface area contributed by atoms with Crippen molar-refractivity contribution in [1.82, 2.24) is 4.98 Å². The number of hydrogen-bond acceptors (Lipinski definition) is 5. The molecule has 0 saturated heterocycles. The molecule has 1 aromatic rings. The Hall–Kier alpha value is -1.27. The van der Waals surface area contributed by atoms with Gasteiger partial charge in [0.2, 0.25) is 5.88 Å². The zero-order valence-electron chi connectivity index (χ0n) is 7.39. The number of rotatable bonds is 3. The van der Waals surface area contributed by atoms with Crippen molar-refractivity contribution < 1.29 is 19.4 Å². The minimum Gasteiger partial charge on any atom is -0.510 e. The van der Waals surface area contributed by atoms with E-state index in [2.05, 4.69) is 9.64 Å². The Morgan fingerprint density at radius 3 is 2.62 bits per heavy atom. The van der Waals surface area contributed by atoms with Crippen LogP contribution in [0.4, 0.5) is 0 Å². The van der Waals surface area contributed by atoms with E-state index < -0.39 is 7.32 Å². The molecule has 6 heteroatoms. The number of nitrogens with zero attached hydrogens (tertiary/aromatic N) is 1. The molecule has 0 aliphatic rings. The Labute approximate surface area is 76.1 Å². The first-order chi connectivity index (χ1) is 6.13. The molecule has 2 N–H and O–H groups in total. The molecule has 0 unspecified atom stereocenters. The predicted molar refractivity (Wildman–Crippen MR) is 46.3 cm³/mol. The van der Waals surface area contributed by atoms with Crippen molar-refractivity contribution in [1.29, 1.82) is 0 Å². The number of ether oxygens (including phenoxy) is 1. The molecule has 0 bridgehead atoms. The zero-order chi connectivity index (χ0) is 9.84. The lowest BCUT2D eigenvalue weighted by Gasteiger charge is -2.08. The molecule has 0 amide bonds. The van der Waals surface area contributed by atoms with E-state index in [0.29, 0.717) is 11.6 Å². The number of hydrogen-bond donors (Lipinski definition) is 2. The molecule has 1 rings (SSSR count). The van der Waals surface area contributed by atoms with Crippen LogP contribution in [0.15, 0.2) is 12.3 Å². The van der Waals surface area contributed by atoms with Crippen LogP contribution in [0.5, 0.6) is 11.6 Å². The van der Waals surface area contributed by atoms with E-state index in [1.165, 1.54) is 13.3 Å². The van der Waals surface area contributed by atoms with E-state index in [0.717, 1.165) is 5.56 Å². The van der Waals surface area contributed by atoms with Gasteiger partial charge in [-0.05, 0) is 12.5 Å². The van der Waals surface area contributed by atoms with Gasteiger partial charge in [-0.3, -0.25) is 0 Å². The highest BCUT2D eigenvalue weighted by Crippen LogP contribution is 2.19. The summed E-state index contributed by atoms with van der Waals surface area (Å²) >= 11 is 0. The lowest BCUT2D eigenvalue weighted by Crippen LogP contribution is -2.21. The van der Waals surface area contributed by atoms with Gasteiger partial charge in [-0.1, -0.05) is 0 Å². The van der Waals surface area contributed by atoms with E-state index in [1.54, 1.807) is 13.0 Å². The lowest BCUT2D eigenvalue weighted by atomic mass is 10.2. The fraction of sp³-hybridized carbons (Fsp3) is 0.286. The van der Waals surface area contributed by atoms with Gasteiger partial charge in [0.15, 0.2) is 0 Å². The van der Waals surface area contributed by atoms with Gasteiger partial charge in [-0.15, -0.1) is 0 Å². The SMILES string of the molecule is COc1cc(C)c(OB(O)O)cn1. The summed E-state index contributed by atoms with van der Waals surface area (Å²) in [4.78, 5) is 3.84. The molecule has 0 spiro atoms. The summed E-state index contributed by atoms with van der Waals surface area (Å²) < 4.78 is 9.50. The van der Waals surface area contributed by atoms with Crippen LogP contribution in [0.3, 0.4) is 0 Å². The fourth-order valence-corrected chi connectivity index (χ4v) is 0.866. The molecule has 0 aromatic carbocycles. The van der Waals surface area contributed by atoms with Crippen molar-refractivity contribution in [3.8, 4) is 11.6 Å². The highest BCUT2D eigenvalue weighted by molar-refractivity contribution is 6.33. The summed E-state index contributed by atoms with van der Waals surface area (Å²) in [6.45, 7) is 1.75. The fourth-order valence-electron chi connectivity index (χ4n) is 0.866. The van der Waals surface area contributed by atoms with Crippen LogP contribution in [0.1, 0.15) is 5.56 Å². The highest BCUT2D eigenvalue weighted by Gasteiger charge is 2.13. The molecule has 70 valence electrons.